The number of nitrogens with one attached hydrogen (secondary N) is 1. The number of likely N-dealkylation sites (tertiary alicyclic amines) is 2. The Hall–Kier alpha value is -3.17. The highest BCUT2D eigenvalue weighted by molar-refractivity contribution is 6.32. The maximum atomic E-state index is 13.6. The molecule has 0 unspecified atom stereocenters. The number of rotatable bonds is 6. The maximum absolute atomic E-state index is 13.6. The van der Waals surface area contributed by atoms with E-state index in [1.165, 1.54) is 0 Å². The first-order valence-corrected chi connectivity index (χ1v) is 13.6. The van der Waals surface area contributed by atoms with Gasteiger partial charge in [-0.3, -0.25) is 9.59 Å². The molecule has 2 aromatic carbocycles. The van der Waals surface area contributed by atoms with Crippen molar-refractivity contribution < 1.29 is 19.4 Å². The lowest BCUT2D eigenvalue weighted by Crippen LogP contribution is -2.51. The molecule has 3 aromatic rings. The van der Waals surface area contributed by atoms with Gasteiger partial charge in [0.1, 0.15) is 16.8 Å². The quantitative estimate of drug-likeness (QED) is 0.491. The van der Waals surface area contributed by atoms with Crippen molar-refractivity contribution in [2.45, 2.75) is 52.1 Å². The third kappa shape index (κ3) is 5.63. The van der Waals surface area contributed by atoms with Gasteiger partial charge in [0.15, 0.2) is 0 Å². The summed E-state index contributed by atoms with van der Waals surface area (Å²) in [5, 5.41) is 21.4. The summed E-state index contributed by atoms with van der Waals surface area (Å²) < 4.78 is 6.32. The van der Waals surface area contributed by atoms with Gasteiger partial charge in [-0.15, -0.1) is 0 Å². The third-order valence-electron chi connectivity index (χ3n) is 7.81. The third-order valence-corrected chi connectivity index (χ3v) is 8.41. The SMILES string of the molecule is Cc1cc(OC[C@@]2(CC(=O)N3CCC(O)CC3)CCCN(C(=O)c3ccc4n[nH]nc4c3)C2)cc(C)c1Cl. The minimum absolute atomic E-state index is 0.0438. The molecule has 0 spiro atoms. The molecule has 2 aliphatic rings. The molecule has 2 fully saturated rings. The maximum Gasteiger partial charge on any atom is 0.253 e. The Labute approximate surface area is 227 Å². The predicted molar refractivity (Wildman–Crippen MR) is 144 cm³/mol. The second-order valence-corrected chi connectivity index (χ2v) is 11.2. The second kappa shape index (κ2) is 10.9. The Morgan fingerprint density at radius 1 is 1.08 bits per heavy atom. The lowest BCUT2D eigenvalue weighted by atomic mass is 9.77. The van der Waals surface area contributed by atoms with Crippen LogP contribution in [0.25, 0.3) is 11.0 Å². The number of hydrogen-bond donors (Lipinski definition) is 2. The molecule has 2 N–H and O–H groups in total. The number of aliphatic hydroxyl groups is 1. The molecular weight excluding hydrogens is 506 g/mol. The van der Waals surface area contributed by atoms with Gasteiger partial charge in [0.2, 0.25) is 5.91 Å². The van der Waals surface area contributed by atoms with Crippen LogP contribution in [-0.4, -0.2) is 81.0 Å². The van der Waals surface area contributed by atoms with Gasteiger partial charge in [-0.2, -0.15) is 15.4 Å². The summed E-state index contributed by atoms with van der Waals surface area (Å²) in [6.45, 7) is 6.32. The molecule has 1 atom stereocenters. The number of amides is 2. The molecular formula is C28H34ClN5O4. The zero-order valence-corrected chi connectivity index (χ0v) is 22.6. The smallest absolute Gasteiger partial charge is 0.253 e. The standard InChI is InChI=1S/C28H34ClN5O4/c1-18-12-22(13-19(2)26(18)29)38-17-28(15-25(36)33-10-6-21(35)7-11-33)8-3-9-34(16-28)27(37)20-4-5-23-24(14-20)31-32-30-23/h4-5,12-14,21,35H,3,6-11,15-17H2,1-2H3,(H,30,31,32)/t28-/m1/s1. The number of carbonyl (C=O) groups is 2. The van der Waals surface area contributed by atoms with Crippen molar-refractivity contribution in [3.8, 4) is 5.75 Å². The topological polar surface area (TPSA) is 112 Å². The second-order valence-electron chi connectivity index (χ2n) is 10.8. The van der Waals surface area contributed by atoms with E-state index >= 15 is 0 Å². The van der Waals surface area contributed by atoms with Crippen LogP contribution in [0.1, 0.15) is 53.6 Å². The summed E-state index contributed by atoms with van der Waals surface area (Å²) in [6, 6.07) is 9.12. The van der Waals surface area contributed by atoms with Gasteiger partial charge in [-0.25, -0.2) is 0 Å². The van der Waals surface area contributed by atoms with Crippen molar-refractivity contribution in [2.75, 3.05) is 32.8 Å². The molecule has 0 bridgehead atoms. The average molecular weight is 540 g/mol. The molecule has 0 aliphatic carbocycles. The van der Waals surface area contributed by atoms with Crippen LogP contribution in [0.15, 0.2) is 30.3 Å². The van der Waals surface area contributed by atoms with E-state index in [2.05, 4.69) is 15.4 Å². The molecule has 9 nitrogen and oxygen atoms in total. The van der Waals surface area contributed by atoms with Crippen LogP contribution in [0.3, 0.4) is 0 Å². The number of H-pyrrole nitrogens is 1. The number of hydrogen-bond acceptors (Lipinski definition) is 6. The van der Waals surface area contributed by atoms with Gasteiger partial charge in [-0.05, 0) is 81.0 Å². The van der Waals surface area contributed by atoms with Gasteiger partial charge in [0.25, 0.3) is 5.91 Å². The number of aryl methyl sites for hydroxylation is 2. The number of benzene rings is 2. The lowest BCUT2D eigenvalue weighted by Gasteiger charge is -2.43. The lowest BCUT2D eigenvalue weighted by molar-refractivity contribution is -0.137. The van der Waals surface area contributed by atoms with Crippen LogP contribution >= 0.6 is 11.6 Å². The minimum Gasteiger partial charge on any atom is -0.493 e. The highest BCUT2D eigenvalue weighted by Crippen LogP contribution is 2.37. The number of aromatic amines is 1. The van der Waals surface area contributed by atoms with Crippen molar-refractivity contribution in [3.05, 3.63) is 52.0 Å². The molecule has 10 heteroatoms. The summed E-state index contributed by atoms with van der Waals surface area (Å²) >= 11 is 6.35. The monoisotopic (exact) mass is 539 g/mol. The van der Waals surface area contributed by atoms with Crippen molar-refractivity contribution >= 4 is 34.4 Å². The molecule has 202 valence electrons. The molecule has 0 saturated carbocycles. The van der Waals surface area contributed by atoms with Crippen molar-refractivity contribution in [3.63, 3.8) is 0 Å². The van der Waals surface area contributed by atoms with Crippen LogP contribution in [-0.2, 0) is 4.79 Å². The van der Waals surface area contributed by atoms with Crippen molar-refractivity contribution in [1.29, 1.82) is 0 Å². The number of piperidine rings is 2. The Kier molecular flexibility index (Phi) is 7.59. The number of aromatic nitrogens is 3. The van der Waals surface area contributed by atoms with E-state index in [4.69, 9.17) is 16.3 Å². The largest absolute Gasteiger partial charge is 0.493 e. The first kappa shape index (κ1) is 26.4. The number of fused-ring (bicyclic) bond motifs is 1. The summed E-state index contributed by atoms with van der Waals surface area (Å²) in [4.78, 5) is 30.7. The van der Waals surface area contributed by atoms with Crippen molar-refractivity contribution in [1.82, 2.24) is 25.2 Å². The molecule has 1 aromatic heterocycles. The van der Waals surface area contributed by atoms with E-state index in [1.807, 2.05) is 35.8 Å². The summed E-state index contributed by atoms with van der Waals surface area (Å²) in [5.41, 5.74) is 3.21. The van der Waals surface area contributed by atoms with E-state index in [9.17, 15) is 14.7 Å². The Morgan fingerprint density at radius 3 is 2.53 bits per heavy atom. The van der Waals surface area contributed by atoms with Crippen LogP contribution in [0.4, 0.5) is 0 Å². The van der Waals surface area contributed by atoms with E-state index in [1.54, 1.807) is 18.2 Å². The van der Waals surface area contributed by atoms with E-state index < -0.39 is 5.41 Å². The van der Waals surface area contributed by atoms with Crippen LogP contribution in [0.2, 0.25) is 5.02 Å². The van der Waals surface area contributed by atoms with Crippen LogP contribution < -0.4 is 4.74 Å². The first-order chi connectivity index (χ1) is 18.2. The summed E-state index contributed by atoms with van der Waals surface area (Å²) in [5.74, 6) is 0.658. The molecule has 2 aliphatic heterocycles. The highest BCUT2D eigenvalue weighted by atomic mass is 35.5. The number of nitrogens with zero attached hydrogens (tertiary/aromatic N) is 4. The van der Waals surface area contributed by atoms with Gasteiger partial charge in [0, 0.05) is 48.6 Å². The van der Waals surface area contributed by atoms with Gasteiger partial charge >= 0.3 is 0 Å². The average Bonchev–Trinajstić information content (AvgIpc) is 3.38. The zero-order valence-electron chi connectivity index (χ0n) is 21.9. The number of aliphatic hydroxyl groups excluding tert-OH is 1. The number of halogens is 1. The number of carbonyl (C=O) groups excluding carboxylic acids is 2. The zero-order chi connectivity index (χ0) is 26.9. The van der Waals surface area contributed by atoms with E-state index in [-0.39, 0.29) is 24.3 Å². The normalized spacial score (nSPS) is 20.6. The molecule has 3 heterocycles. The predicted octanol–water partition coefficient (Wildman–Crippen LogP) is 3.90. The first-order valence-electron chi connectivity index (χ1n) is 13.2. The Bertz CT molecular complexity index is 1310. The fraction of sp³-hybridized carbons (Fsp3) is 0.500. The van der Waals surface area contributed by atoms with Crippen molar-refractivity contribution in [2.24, 2.45) is 5.41 Å². The fourth-order valence-corrected chi connectivity index (χ4v) is 5.73. The highest BCUT2D eigenvalue weighted by Gasteiger charge is 2.41. The van der Waals surface area contributed by atoms with Crippen LogP contribution in [0, 0.1) is 19.3 Å². The van der Waals surface area contributed by atoms with Gasteiger partial charge in [0.05, 0.1) is 12.7 Å². The Balaban J connectivity index is 1.37. The molecule has 38 heavy (non-hydrogen) atoms. The van der Waals surface area contributed by atoms with E-state index in [0.717, 1.165) is 24.0 Å². The van der Waals surface area contributed by atoms with E-state index in [0.29, 0.717) is 73.0 Å². The molecule has 0 radical (unpaired) electrons. The molecule has 2 saturated heterocycles. The minimum atomic E-state index is -0.541. The molecule has 5 rings (SSSR count). The summed E-state index contributed by atoms with van der Waals surface area (Å²) in [6.07, 6.45) is 2.65. The number of ether oxygens (including phenoxy) is 1. The molecule has 2 amide bonds. The summed E-state index contributed by atoms with van der Waals surface area (Å²) in [7, 11) is 0. The fourth-order valence-electron chi connectivity index (χ4n) is 5.62. The Morgan fingerprint density at radius 2 is 1.79 bits per heavy atom. The van der Waals surface area contributed by atoms with Crippen LogP contribution in [0.5, 0.6) is 5.75 Å². The van der Waals surface area contributed by atoms with Gasteiger partial charge in [-0.1, -0.05) is 11.6 Å². The van der Waals surface area contributed by atoms with Gasteiger partial charge < -0.3 is 19.6 Å².